The lowest BCUT2D eigenvalue weighted by Crippen LogP contribution is -2.23. The predicted molar refractivity (Wildman–Crippen MR) is 90.1 cm³/mol. The predicted octanol–water partition coefficient (Wildman–Crippen LogP) is 3.04. The largest absolute Gasteiger partial charge is 0.326 e. The summed E-state index contributed by atoms with van der Waals surface area (Å²) in [5, 5.41) is 2.96. The number of H-pyrrole nitrogens is 1. The average molecular weight is 309 g/mol. The molecule has 1 heterocycles. The summed E-state index contributed by atoms with van der Waals surface area (Å²) in [5.41, 5.74) is 1.96. The van der Waals surface area contributed by atoms with Gasteiger partial charge in [-0.2, -0.15) is 0 Å². The van der Waals surface area contributed by atoms with Crippen molar-refractivity contribution < 1.29 is 4.79 Å². The van der Waals surface area contributed by atoms with Crippen LogP contribution >= 0.6 is 0 Å². The molecule has 0 aliphatic heterocycles. The van der Waals surface area contributed by atoms with Crippen LogP contribution < -0.4 is 10.9 Å². The quantitative estimate of drug-likeness (QED) is 0.856. The van der Waals surface area contributed by atoms with Gasteiger partial charge in [-0.15, -0.1) is 0 Å². The molecular formula is C18H19N3O2. The van der Waals surface area contributed by atoms with E-state index in [-0.39, 0.29) is 17.4 Å². The van der Waals surface area contributed by atoms with E-state index in [1.54, 1.807) is 6.92 Å². The van der Waals surface area contributed by atoms with Crippen LogP contribution in [0.15, 0.2) is 47.3 Å². The Labute approximate surface area is 134 Å². The number of allylic oxidation sites excluding steroid dienone is 2. The number of anilines is 1. The first-order valence-electron chi connectivity index (χ1n) is 7.76. The van der Waals surface area contributed by atoms with E-state index in [0.29, 0.717) is 17.2 Å². The number of nitrogens with zero attached hydrogens (tertiary/aromatic N) is 1. The zero-order valence-corrected chi connectivity index (χ0v) is 13.0. The molecule has 0 radical (unpaired) electrons. The summed E-state index contributed by atoms with van der Waals surface area (Å²) in [7, 11) is 0. The van der Waals surface area contributed by atoms with Crippen LogP contribution in [-0.4, -0.2) is 15.9 Å². The van der Waals surface area contributed by atoms with Gasteiger partial charge in [-0.3, -0.25) is 9.59 Å². The summed E-state index contributed by atoms with van der Waals surface area (Å²) in [6.45, 7) is 1.78. The van der Waals surface area contributed by atoms with Gasteiger partial charge in [0.25, 0.3) is 5.56 Å². The van der Waals surface area contributed by atoms with Gasteiger partial charge in [-0.05, 0) is 38.3 Å². The second-order valence-corrected chi connectivity index (χ2v) is 5.79. The topological polar surface area (TPSA) is 74.8 Å². The van der Waals surface area contributed by atoms with Gasteiger partial charge in [0.15, 0.2) is 0 Å². The second kappa shape index (κ2) is 6.60. The van der Waals surface area contributed by atoms with Gasteiger partial charge >= 0.3 is 0 Å². The normalized spacial score (nSPS) is 17.0. The number of aryl methyl sites for hydroxylation is 1. The summed E-state index contributed by atoms with van der Waals surface area (Å²) in [4.78, 5) is 30.9. The van der Waals surface area contributed by atoms with E-state index in [1.807, 2.05) is 24.3 Å². The molecule has 0 saturated heterocycles. The third kappa shape index (κ3) is 3.74. The summed E-state index contributed by atoms with van der Waals surface area (Å²) in [5.74, 6) is 0.574. The molecule has 3 rings (SSSR count). The van der Waals surface area contributed by atoms with Gasteiger partial charge in [-0.1, -0.05) is 24.3 Å². The van der Waals surface area contributed by atoms with E-state index >= 15 is 0 Å². The fourth-order valence-corrected chi connectivity index (χ4v) is 2.74. The minimum absolute atomic E-state index is 0.0283. The van der Waals surface area contributed by atoms with E-state index < -0.39 is 0 Å². The molecule has 1 aliphatic rings. The molecule has 0 bridgehead atoms. The molecule has 1 aromatic heterocycles. The number of rotatable bonds is 3. The van der Waals surface area contributed by atoms with Gasteiger partial charge in [-0.25, -0.2) is 4.98 Å². The first-order valence-corrected chi connectivity index (χ1v) is 7.76. The van der Waals surface area contributed by atoms with E-state index in [1.165, 1.54) is 6.07 Å². The number of carbonyl (C=O) groups excluding carboxylic acids is 1. The van der Waals surface area contributed by atoms with Crippen LogP contribution in [0.2, 0.25) is 0 Å². The standard InChI is InChI=1S/C18H19N3O2/c1-12-10-16(22)21-17(19-12)14-8-5-9-15(11-14)20-18(23)13-6-3-2-4-7-13/h2-3,5,8-11,13H,4,6-7H2,1H3,(H,20,23)(H,19,21,22)/t13-/m1/s1. The highest BCUT2D eigenvalue weighted by Crippen LogP contribution is 2.22. The highest BCUT2D eigenvalue weighted by atomic mass is 16.2. The number of amides is 1. The zero-order valence-electron chi connectivity index (χ0n) is 13.0. The van der Waals surface area contributed by atoms with E-state index in [0.717, 1.165) is 24.8 Å². The van der Waals surface area contributed by atoms with Gasteiger partial charge in [0, 0.05) is 28.9 Å². The van der Waals surface area contributed by atoms with Crippen LogP contribution in [0.3, 0.4) is 0 Å². The number of aromatic nitrogens is 2. The Hall–Kier alpha value is -2.69. The molecule has 5 nitrogen and oxygen atoms in total. The van der Waals surface area contributed by atoms with Crippen molar-refractivity contribution in [2.45, 2.75) is 26.2 Å². The average Bonchev–Trinajstić information content (AvgIpc) is 2.55. The van der Waals surface area contributed by atoms with Crippen LogP contribution in [-0.2, 0) is 4.79 Å². The summed E-state index contributed by atoms with van der Waals surface area (Å²) < 4.78 is 0. The van der Waals surface area contributed by atoms with Crippen LogP contribution in [0.4, 0.5) is 5.69 Å². The van der Waals surface area contributed by atoms with Crippen LogP contribution in [0.1, 0.15) is 25.0 Å². The Morgan fingerprint density at radius 3 is 2.91 bits per heavy atom. The lowest BCUT2D eigenvalue weighted by molar-refractivity contribution is -0.120. The zero-order chi connectivity index (χ0) is 16.2. The highest BCUT2D eigenvalue weighted by Gasteiger charge is 2.18. The number of benzene rings is 1. The molecule has 0 unspecified atom stereocenters. The van der Waals surface area contributed by atoms with Crippen molar-refractivity contribution in [2.75, 3.05) is 5.32 Å². The number of aromatic amines is 1. The lowest BCUT2D eigenvalue weighted by Gasteiger charge is -2.17. The number of carbonyl (C=O) groups is 1. The molecule has 0 fully saturated rings. The summed E-state index contributed by atoms with van der Waals surface area (Å²) in [6.07, 6.45) is 6.80. The lowest BCUT2D eigenvalue weighted by atomic mass is 9.93. The van der Waals surface area contributed by atoms with Gasteiger partial charge in [0.2, 0.25) is 5.91 Å². The fraction of sp³-hybridized carbons (Fsp3) is 0.278. The van der Waals surface area contributed by atoms with Crippen LogP contribution in [0.25, 0.3) is 11.4 Å². The van der Waals surface area contributed by atoms with Crippen molar-refractivity contribution in [1.29, 1.82) is 0 Å². The highest BCUT2D eigenvalue weighted by molar-refractivity contribution is 5.93. The SMILES string of the molecule is Cc1cc(=O)[nH]c(-c2cccc(NC(=O)[C@@H]3CC=CCC3)c2)n1. The number of hydrogen-bond acceptors (Lipinski definition) is 3. The van der Waals surface area contributed by atoms with Gasteiger partial charge in [0.1, 0.15) is 5.82 Å². The molecule has 2 aromatic rings. The second-order valence-electron chi connectivity index (χ2n) is 5.79. The molecule has 5 heteroatoms. The Morgan fingerprint density at radius 1 is 1.30 bits per heavy atom. The molecule has 1 atom stereocenters. The van der Waals surface area contributed by atoms with Crippen molar-refractivity contribution >= 4 is 11.6 Å². The van der Waals surface area contributed by atoms with Crippen molar-refractivity contribution in [3.05, 3.63) is 58.5 Å². The maximum Gasteiger partial charge on any atom is 0.251 e. The van der Waals surface area contributed by atoms with Crippen molar-refractivity contribution in [1.82, 2.24) is 9.97 Å². The minimum atomic E-state index is -0.184. The maximum atomic E-state index is 12.3. The first kappa shape index (κ1) is 15.2. The van der Waals surface area contributed by atoms with Crippen molar-refractivity contribution in [3.8, 4) is 11.4 Å². The molecular weight excluding hydrogens is 290 g/mol. The maximum absolute atomic E-state index is 12.3. The molecule has 118 valence electrons. The third-order valence-electron chi connectivity index (χ3n) is 3.91. The van der Waals surface area contributed by atoms with Crippen molar-refractivity contribution in [2.24, 2.45) is 5.92 Å². The summed E-state index contributed by atoms with van der Waals surface area (Å²) in [6, 6.07) is 8.82. The minimum Gasteiger partial charge on any atom is -0.326 e. The van der Waals surface area contributed by atoms with E-state index in [4.69, 9.17) is 0 Å². The first-order chi connectivity index (χ1) is 11.1. The van der Waals surface area contributed by atoms with Gasteiger partial charge < -0.3 is 10.3 Å². The molecule has 1 amide bonds. The molecule has 0 spiro atoms. The third-order valence-corrected chi connectivity index (χ3v) is 3.91. The number of nitrogens with one attached hydrogen (secondary N) is 2. The molecule has 1 aliphatic carbocycles. The fourth-order valence-electron chi connectivity index (χ4n) is 2.74. The van der Waals surface area contributed by atoms with Crippen LogP contribution in [0.5, 0.6) is 0 Å². The van der Waals surface area contributed by atoms with Gasteiger partial charge in [0.05, 0.1) is 0 Å². The number of hydrogen-bond donors (Lipinski definition) is 2. The van der Waals surface area contributed by atoms with Crippen LogP contribution in [0, 0.1) is 12.8 Å². The molecule has 1 aromatic carbocycles. The molecule has 2 N–H and O–H groups in total. The van der Waals surface area contributed by atoms with Crippen molar-refractivity contribution in [3.63, 3.8) is 0 Å². The summed E-state index contributed by atoms with van der Waals surface area (Å²) >= 11 is 0. The van der Waals surface area contributed by atoms with E-state index in [9.17, 15) is 9.59 Å². The smallest absolute Gasteiger partial charge is 0.251 e. The van der Waals surface area contributed by atoms with E-state index in [2.05, 4.69) is 27.4 Å². The Kier molecular flexibility index (Phi) is 4.37. The Balaban J connectivity index is 1.81. The molecule has 0 saturated carbocycles. The Morgan fingerprint density at radius 2 is 2.17 bits per heavy atom. The molecule has 23 heavy (non-hydrogen) atoms. The Bertz CT molecular complexity index is 808. The monoisotopic (exact) mass is 309 g/mol.